The fourth-order valence-corrected chi connectivity index (χ4v) is 2.17. The van der Waals surface area contributed by atoms with Crippen molar-refractivity contribution in [2.45, 2.75) is 26.8 Å². The van der Waals surface area contributed by atoms with E-state index in [2.05, 4.69) is 55.1 Å². The summed E-state index contributed by atoms with van der Waals surface area (Å²) in [6, 6.07) is 16.9. The second kappa shape index (κ2) is 6.28. The minimum absolute atomic E-state index is 0.820. The highest BCUT2D eigenvalue weighted by Crippen LogP contribution is 2.19. The van der Waals surface area contributed by atoms with Gasteiger partial charge in [0.1, 0.15) is 0 Å². The molecule has 0 radical (unpaired) electrons. The maximum Gasteiger partial charge on any atom is 0.0429 e. The van der Waals surface area contributed by atoms with E-state index in [0.29, 0.717) is 0 Å². The predicted molar refractivity (Wildman–Crippen MR) is 83.4 cm³/mol. The molecule has 2 rings (SSSR count). The molecule has 0 atom stereocenters. The van der Waals surface area contributed by atoms with Crippen molar-refractivity contribution < 1.29 is 0 Å². The largest absolute Gasteiger partial charge is 0.399 e. The Morgan fingerprint density at radius 2 is 1.58 bits per heavy atom. The number of hydrogen-bond acceptors (Lipinski definition) is 2. The summed E-state index contributed by atoms with van der Waals surface area (Å²) in [7, 11) is 0. The molecule has 0 saturated heterocycles. The number of benzene rings is 2. The molecule has 0 heterocycles. The van der Waals surface area contributed by atoms with Gasteiger partial charge in [0.05, 0.1) is 0 Å². The maximum atomic E-state index is 5.73. The molecule has 19 heavy (non-hydrogen) atoms. The summed E-state index contributed by atoms with van der Waals surface area (Å²) >= 11 is 0. The third-order valence-corrected chi connectivity index (χ3v) is 3.25. The summed E-state index contributed by atoms with van der Waals surface area (Å²) < 4.78 is 0. The Labute approximate surface area is 115 Å². The van der Waals surface area contributed by atoms with Crippen LogP contribution in [0.15, 0.2) is 48.5 Å². The molecule has 0 spiro atoms. The van der Waals surface area contributed by atoms with Crippen LogP contribution in [-0.2, 0) is 6.54 Å². The average molecular weight is 254 g/mol. The van der Waals surface area contributed by atoms with E-state index in [-0.39, 0.29) is 0 Å². The zero-order valence-corrected chi connectivity index (χ0v) is 11.8. The summed E-state index contributed by atoms with van der Waals surface area (Å²) in [4.78, 5) is 2.41. The Hall–Kier alpha value is -1.96. The summed E-state index contributed by atoms with van der Waals surface area (Å²) in [5.74, 6) is 0. The van der Waals surface area contributed by atoms with Gasteiger partial charge in [-0.1, -0.05) is 36.8 Å². The van der Waals surface area contributed by atoms with Crippen molar-refractivity contribution in [2.75, 3.05) is 17.2 Å². The number of nitrogens with zero attached hydrogens (tertiary/aromatic N) is 1. The van der Waals surface area contributed by atoms with E-state index in [1.807, 2.05) is 12.1 Å². The zero-order chi connectivity index (χ0) is 13.7. The molecular formula is C17H22N2. The van der Waals surface area contributed by atoms with E-state index in [1.54, 1.807) is 0 Å². The number of aryl methyl sites for hydroxylation is 1. The quantitative estimate of drug-likeness (QED) is 0.817. The van der Waals surface area contributed by atoms with Gasteiger partial charge in [0, 0.05) is 24.5 Å². The number of nitrogens with two attached hydrogens (primary N) is 1. The molecule has 0 aliphatic carbocycles. The summed E-state index contributed by atoms with van der Waals surface area (Å²) in [6.45, 7) is 6.32. The molecule has 0 amide bonds. The van der Waals surface area contributed by atoms with Crippen molar-refractivity contribution in [3.63, 3.8) is 0 Å². The molecule has 0 aliphatic rings. The van der Waals surface area contributed by atoms with Crippen molar-refractivity contribution in [3.05, 3.63) is 59.7 Å². The monoisotopic (exact) mass is 254 g/mol. The number of nitrogen functional groups attached to an aromatic ring is 1. The SMILES string of the molecule is CCCN(Cc1ccc(N)cc1)c1ccc(C)cc1. The van der Waals surface area contributed by atoms with Gasteiger partial charge in [0.2, 0.25) is 0 Å². The molecule has 0 fully saturated rings. The minimum atomic E-state index is 0.820. The van der Waals surface area contributed by atoms with Crippen molar-refractivity contribution in [3.8, 4) is 0 Å². The lowest BCUT2D eigenvalue weighted by molar-refractivity contribution is 0.767. The molecule has 100 valence electrons. The van der Waals surface area contributed by atoms with Crippen LogP contribution in [0, 0.1) is 6.92 Å². The molecule has 2 heteroatoms. The highest BCUT2D eigenvalue weighted by molar-refractivity contribution is 5.48. The van der Waals surface area contributed by atoms with Crippen LogP contribution in [0.25, 0.3) is 0 Å². The van der Waals surface area contributed by atoms with Gasteiger partial charge >= 0.3 is 0 Å². The van der Waals surface area contributed by atoms with Crippen LogP contribution in [0.3, 0.4) is 0 Å². The normalized spacial score (nSPS) is 10.4. The fraction of sp³-hybridized carbons (Fsp3) is 0.294. The predicted octanol–water partition coefficient (Wildman–Crippen LogP) is 3.99. The van der Waals surface area contributed by atoms with Gasteiger partial charge in [-0.05, 0) is 43.2 Å². The molecule has 0 bridgehead atoms. The van der Waals surface area contributed by atoms with Crippen LogP contribution in [0.4, 0.5) is 11.4 Å². The Bertz CT molecular complexity index is 500. The van der Waals surface area contributed by atoms with Crippen LogP contribution in [0.5, 0.6) is 0 Å². The molecule has 0 aromatic heterocycles. The van der Waals surface area contributed by atoms with Gasteiger partial charge in [0.15, 0.2) is 0 Å². The summed E-state index contributed by atoms with van der Waals surface area (Å²) in [5, 5.41) is 0. The van der Waals surface area contributed by atoms with Gasteiger partial charge in [-0.15, -0.1) is 0 Å². The molecule has 0 saturated carbocycles. The molecule has 2 nitrogen and oxygen atoms in total. The van der Waals surface area contributed by atoms with Gasteiger partial charge in [-0.2, -0.15) is 0 Å². The second-order valence-corrected chi connectivity index (χ2v) is 5.00. The zero-order valence-electron chi connectivity index (χ0n) is 11.8. The summed E-state index contributed by atoms with van der Waals surface area (Å²) in [6.07, 6.45) is 1.14. The average Bonchev–Trinajstić information content (AvgIpc) is 2.42. The van der Waals surface area contributed by atoms with Gasteiger partial charge in [-0.3, -0.25) is 0 Å². The van der Waals surface area contributed by atoms with Crippen LogP contribution < -0.4 is 10.6 Å². The van der Waals surface area contributed by atoms with Crippen molar-refractivity contribution in [1.82, 2.24) is 0 Å². The second-order valence-electron chi connectivity index (χ2n) is 5.00. The fourth-order valence-electron chi connectivity index (χ4n) is 2.17. The lowest BCUT2D eigenvalue weighted by atomic mass is 10.1. The molecule has 2 aromatic rings. The summed E-state index contributed by atoms with van der Waals surface area (Å²) in [5.41, 5.74) is 10.4. The molecule has 2 aromatic carbocycles. The van der Waals surface area contributed by atoms with Gasteiger partial charge < -0.3 is 10.6 Å². The number of hydrogen-bond donors (Lipinski definition) is 1. The number of rotatable bonds is 5. The van der Waals surface area contributed by atoms with Crippen LogP contribution >= 0.6 is 0 Å². The third-order valence-electron chi connectivity index (χ3n) is 3.25. The molecule has 0 unspecified atom stereocenters. The Balaban J connectivity index is 2.15. The highest BCUT2D eigenvalue weighted by atomic mass is 15.1. The molecular weight excluding hydrogens is 232 g/mol. The Morgan fingerprint density at radius 1 is 0.947 bits per heavy atom. The highest BCUT2D eigenvalue weighted by Gasteiger charge is 2.06. The Morgan fingerprint density at radius 3 is 2.16 bits per heavy atom. The Kier molecular flexibility index (Phi) is 4.45. The van der Waals surface area contributed by atoms with Crippen LogP contribution in [0.2, 0.25) is 0 Å². The van der Waals surface area contributed by atoms with E-state index in [0.717, 1.165) is 25.2 Å². The van der Waals surface area contributed by atoms with Gasteiger partial charge in [0.25, 0.3) is 0 Å². The first-order chi connectivity index (χ1) is 9.19. The first-order valence-electron chi connectivity index (χ1n) is 6.85. The molecule has 2 N–H and O–H groups in total. The third kappa shape index (κ3) is 3.75. The maximum absolute atomic E-state index is 5.73. The minimum Gasteiger partial charge on any atom is -0.399 e. The topological polar surface area (TPSA) is 29.3 Å². The first-order valence-corrected chi connectivity index (χ1v) is 6.85. The van der Waals surface area contributed by atoms with Crippen LogP contribution in [-0.4, -0.2) is 6.54 Å². The number of anilines is 2. The van der Waals surface area contributed by atoms with E-state index in [4.69, 9.17) is 5.73 Å². The van der Waals surface area contributed by atoms with Crippen molar-refractivity contribution in [2.24, 2.45) is 0 Å². The lowest BCUT2D eigenvalue weighted by Crippen LogP contribution is -2.23. The lowest BCUT2D eigenvalue weighted by Gasteiger charge is -2.24. The van der Waals surface area contributed by atoms with E-state index < -0.39 is 0 Å². The van der Waals surface area contributed by atoms with E-state index in [9.17, 15) is 0 Å². The standard InChI is InChI=1S/C17H22N2/c1-3-12-19(17-10-4-14(2)5-11-17)13-15-6-8-16(18)9-7-15/h4-11H,3,12-13,18H2,1-2H3. The van der Waals surface area contributed by atoms with E-state index >= 15 is 0 Å². The van der Waals surface area contributed by atoms with Gasteiger partial charge in [-0.25, -0.2) is 0 Å². The van der Waals surface area contributed by atoms with E-state index in [1.165, 1.54) is 16.8 Å². The smallest absolute Gasteiger partial charge is 0.0429 e. The molecule has 0 aliphatic heterocycles. The van der Waals surface area contributed by atoms with Crippen molar-refractivity contribution in [1.29, 1.82) is 0 Å². The van der Waals surface area contributed by atoms with Crippen molar-refractivity contribution >= 4 is 11.4 Å². The van der Waals surface area contributed by atoms with Crippen LogP contribution in [0.1, 0.15) is 24.5 Å². The first kappa shape index (κ1) is 13.5.